The third-order valence-corrected chi connectivity index (χ3v) is 2.83. The van der Waals surface area contributed by atoms with Crippen molar-refractivity contribution in [1.29, 1.82) is 0 Å². The number of carbonyl (C=O) groups excluding carboxylic acids is 1. The second kappa shape index (κ2) is 6.56. The summed E-state index contributed by atoms with van der Waals surface area (Å²) in [5.74, 6) is -0.528. The Labute approximate surface area is 117 Å². The number of benzene rings is 1. The highest BCUT2D eigenvalue weighted by Gasteiger charge is 2.19. The van der Waals surface area contributed by atoms with Gasteiger partial charge >= 0.3 is 5.97 Å². The van der Waals surface area contributed by atoms with Crippen molar-refractivity contribution in [1.82, 2.24) is 4.57 Å². The highest BCUT2D eigenvalue weighted by Crippen LogP contribution is 2.10. The number of oxime groups is 1. The van der Waals surface area contributed by atoms with Gasteiger partial charge in [-0.2, -0.15) is 0 Å². The van der Waals surface area contributed by atoms with E-state index in [-0.39, 0.29) is 5.71 Å². The zero-order chi connectivity index (χ0) is 14.4. The predicted molar refractivity (Wildman–Crippen MR) is 75.5 cm³/mol. The summed E-state index contributed by atoms with van der Waals surface area (Å²) in [7, 11) is 2.71. The molecule has 0 saturated heterocycles. The van der Waals surface area contributed by atoms with E-state index in [1.54, 1.807) is 6.07 Å². The molecule has 0 amide bonds. The molecule has 5 nitrogen and oxygen atoms in total. The second-order valence-corrected chi connectivity index (χ2v) is 4.12. The molecule has 0 spiro atoms. The average molecular weight is 272 g/mol. The first-order valence-electron chi connectivity index (χ1n) is 6.15. The number of aromatic nitrogens is 1. The maximum Gasteiger partial charge on any atom is 0.362 e. The summed E-state index contributed by atoms with van der Waals surface area (Å²) < 4.78 is 6.65. The zero-order valence-corrected chi connectivity index (χ0v) is 11.4. The van der Waals surface area contributed by atoms with Crippen molar-refractivity contribution in [3.63, 3.8) is 0 Å². The van der Waals surface area contributed by atoms with Gasteiger partial charge in [-0.1, -0.05) is 35.5 Å². The molecule has 1 heterocycles. The Balaban J connectivity index is 2.32. The Hall–Kier alpha value is -2.56. The van der Waals surface area contributed by atoms with Crippen LogP contribution in [0.15, 0.2) is 53.8 Å². The fourth-order valence-corrected chi connectivity index (χ4v) is 1.92. The van der Waals surface area contributed by atoms with Crippen LogP contribution in [0.3, 0.4) is 0 Å². The van der Waals surface area contributed by atoms with Gasteiger partial charge in [-0.15, -0.1) is 0 Å². The van der Waals surface area contributed by atoms with Gasteiger partial charge in [0.2, 0.25) is 5.71 Å². The molecule has 0 unspecified atom stereocenters. The van der Waals surface area contributed by atoms with Crippen molar-refractivity contribution in [2.75, 3.05) is 14.2 Å². The zero-order valence-electron chi connectivity index (χ0n) is 11.4. The van der Waals surface area contributed by atoms with Gasteiger partial charge in [-0.25, -0.2) is 4.79 Å². The highest BCUT2D eigenvalue weighted by atomic mass is 16.6. The lowest BCUT2D eigenvalue weighted by Crippen LogP contribution is -2.21. The standard InChI is InChI=1S/C15H16N2O3/c1-19-15(18)14(16-20-2)13-9-6-10-17(13)11-12-7-4-3-5-8-12/h3-10H,11H2,1-2H3. The van der Waals surface area contributed by atoms with E-state index in [9.17, 15) is 4.79 Å². The van der Waals surface area contributed by atoms with Gasteiger partial charge in [0.1, 0.15) is 7.11 Å². The monoisotopic (exact) mass is 272 g/mol. The van der Waals surface area contributed by atoms with Crippen LogP contribution in [0.5, 0.6) is 0 Å². The Bertz CT molecular complexity index is 603. The predicted octanol–water partition coefficient (Wildman–Crippen LogP) is 2.06. The second-order valence-electron chi connectivity index (χ2n) is 4.12. The van der Waals surface area contributed by atoms with Crippen molar-refractivity contribution < 1.29 is 14.4 Å². The van der Waals surface area contributed by atoms with Crippen molar-refractivity contribution >= 4 is 11.7 Å². The van der Waals surface area contributed by atoms with E-state index in [0.717, 1.165) is 5.56 Å². The molecule has 1 aromatic heterocycles. The summed E-state index contributed by atoms with van der Waals surface area (Å²) in [6, 6.07) is 13.6. The molecule has 0 radical (unpaired) electrons. The van der Waals surface area contributed by atoms with Gasteiger partial charge in [0.25, 0.3) is 0 Å². The molecule has 0 saturated carbocycles. The molecule has 0 atom stereocenters. The minimum Gasteiger partial charge on any atom is -0.464 e. The summed E-state index contributed by atoms with van der Waals surface area (Å²) in [5.41, 5.74) is 1.94. The number of hydrogen-bond acceptors (Lipinski definition) is 4. The number of carbonyl (C=O) groups is 1. The van der Waals surface area contributed by atoms with E-state index in [1.165, 1.54) is 14.2 Å². The Kier molecular flexibility index (Phi) is 4.55. The molecule has 104 valence electrons. The number of esters is 1. The van der Waals surface area contributed by atoms with E-state index in [2.05, 4.69) is 5.16 Å². The highest BCUT2D eigenvalue weighted by molar-refractivity contribution is 6.42. The quantitative estimate of drug-likeness (QED) is 0.475. The average Bonchev–Trinajstić information content (AvgIpc) is 2.93. The fourth-order valence-electron chi connectivity index (χ4n) is 1.92. The molecule has 1 aromatic carbocycles. The maximum absolute atomic E-state index is 11.8. The number of rotatable bonds is 5. The van der Waals surface area contributed by atoms with Crippen LogP contribution >= 0.6 is 0 Å². The molecule has 0 N–H and O–H groups in total. The lowest BCUT2D eigenvalue weighted by Gasteiger charge is -2.10. The van der Waals surface area contributed by atoms with Crippen LogP contribution in [0.1, 0.15) is 11.3 Å². The molecule has 0 aliphatic heterocycles. The van der Waals surface area contributed by atoms with E-state index >= 15 is 0 Å². The Morgan fingerprint density at radius 1 is 1.15 bits per heavy atom. The SMILES string of the molecule is CON=C(C(=O)OC)c1cccn1Cc1ccccc1. The molecule has 5 heteroatoms. The minimum atomic E-state index is -0.528. The molecular weight excluding hydrogens is 256 g/mol. The lowest BCUT2D eigenvalue weighted by molar-refractivity contribution is -0.132. The van der Waals surface area contributed by atoms with Crippen LogP contribution in [-0.4, -0.2) is 30.5 Å². The third kappa shape index (κ3) is 3.06. The number of hydrogen-bond donors (Lipinski definition) is 0. The van der Waals surface area contributed by atoms with Gasteiger partial charge in [0, 0.05) is 12.7 Å². The lowest BCUT2D eigenvalue weighted by atomic mass is 10.2. The molecule has 0 aliphatic carbocycles. The maximum atomic E-state index is 11.8. The third-order valence-electron chi connectivity index (χ3n) is 2.83. The summed E-state index contributed by atoms with van der Waals surface area (Å²) in [5, 5.41) is 3.76. The molecular formula is C15H16N2O3. The molecule has 2 rings (SSSR count). The first-order chi connectivity index (χ1) is 9.76. The molecule has 0 aliphatic rings. The van der Waals surface area contributed by atoms with Crippen LogP contribution in [0.2, 0.25) is 0 Å². The van der Waals surface area contributed by atoms with Crippen LogP contribution in [0.4, 0.5) is 0 Å². The van der Waals surface area contributed by atoms with Gasteiger partial charge < -0.3 is 14.1 Å². The van der Waals surface area contributed by atoms with E-state index in [1.807, 2.05) is 47.2 Å². The smallest absolute Gasteiger partial charge is 0.362 e. The molecule has 0 bridgehead atoms. The summed E-state index contributed by atoms with van der Waals surface area (Å²) in [4.78, 5) is 16.5. The number of methoxy groups -OCH3 is 1. The number of nitrogens with zero attached hydrogens (tertiary/aromatic N) is 2. The van der Waals surface area contributed by atoms with Crippen LogP contribution in [0.25, 0.3) is 0 Å². The Morgan fingerprint density at radius 3 is 2.55 bits per heavy atom. The van der Waals surface area contributed by atoms with E-state index in [4.69, 9.17) is 9.57 Å². The van der Waals surface area contributed by atoms with Gasteiger partial charge in [0.05, 0.1) is 12.8 Å². The molecule has 0 fully saturated rings. The van der Waals surface area contributed by atoms with Crippen LogP contribution in [0, 0.1) is 0 Å². The fraction of sp³-hybridized carbons (Fsp3) is 0.200. The van der Waals surface area contributed by atoms with Gasteiger partial charge in [0.15, 0.2) is 0 Å². The largest absolute Gasteiger partial charge is 0.464 e. The first-order valence-corrected chi connectivity index (χ1v) is 6.15. The van der Waals surface area contributed by atoms with Crippen molar-refractivity contribution in [3.8, 4) is 0 Å². The van der Waals surface area contributed by atoms with Crippen molar-refractivity contribution in [2.45, 2.75) is 6.54 Å². The van der Waals surface area contributed by atoms with E-state index < -0.39 is 5.97 Å². The number of ether oxygens (including phenoxy) is 1. The van der Waals surface area contributed by atoms with E-state index in [0.29, 0.717) is 12.2 Å². The molecule has 20 heavy (non-hydrogen) atoms. The van der Waals surface area contributed by atoms with Crippen molar-refractivity contribution in [2.24, 2.45) is 5.16 Å². The summed E-state index contributed by atoms with van der Waals surface area (Å²) >= 11 is 0. The summed E-state index contributed by atoms with van der Waals surface area (Å²) in [6.45, 7) is 0.642. The summed E-state index contributed by atoms with van der Waals surface area (Å²) in [6.07, 6.45) is 1.89. The van der Waals surface area contributed by atoms with Crippen molar-refractivity contribution in [3.05, 3.63) is 59.9 Å². The van der Waals surface area contributed by atoms with Gasteiger partial charge in [-0.3, -0.25) is 0 Å². The minimum absolute atomic E-state index is 0.149. The first kappa shape index (κ1) is 13.9. The van der Waals surface area contributed by atoms with Gasteiger partial charge in [-0.05, 0) is 17.7 Å². The molecule has 2 aromatic rings. The van der Waals surface area contributed by atoms with Crippen LogP contribution < -0.4 is 0 Å². The normalized spacial score (nSPS) is 11.2. The topological polar surface area (TPSA) is 52.8 Å². The Morgan fingerprint density at radius 2 is 1.90 bits per heavy atom. The van der Waals surface area contributed by atoms with Crippen LogP contribution in [-0.2, 0) is 20.9 Å².